The van der Waals surface area contributed by atoms with Gasteiger partial charge in [0.2, 0.25) is 0 Å². The van der Waals surface area contributed by atoms with Gasteiger partial charge in [-0.3, -0.25) is 0 Å². The lowest BCUT2D eigenvalue weighted by molar-refractivity contribution is 0.585. The highest BCUT2D eigenvalue weighted by Gasteiger charge is 2.17. The summed E-state index contributed by atoms with van der Waals surface area (Å²) in [6.07, 6.45) is 0. The van der Waals surface area contributed by atoms with Crippen molar-refractivity contribution in [1.29, 1.82) is 0 Å². The van der Waals surface area contributed by atoms with Crippen LogP contribution in [0, 0.1) is 0 Å². The maximum atomic E-state index is 4.74. The van der Waals surface area contributed by atoms with Crippen molar-refractivity contribution in [3.05, 3.63) is 24.3 Å². The fourth-order valence-corrected chi connectivity index (χ4v) is 2.26. The Morgan fingerprint density at radius 3 is 2.44 bits per heavy atom. The minimum atomic E-state index is 0.857. The van der Waals surface area contributed by atoms with Gasteiger partial charge in [-0.1, -0.05) is 12.1 Å². The van der Waals surface area contributed by atoms with Crippen LogP contribution in [0.1, 0.15) is 0 Å². The van der Waals surface area contributed by atoms with Crippen molar-refractivity contribution < 1.29 is 0 Å². The molecule has 94 valence electrons. The molecule has 1 aliphatic rings. The molecule has 5 nitrogen and oxygen atoms in total. The van der Waals surface area contributed by atoms with Gasteiger partial charge in [0.15, 0.2) is 11.6 Å². The van der Waals surface area contributed by atoms with E-state index >= 15 is 0 Å². The summed E-state index contributed by atoms with van der Waals surface area (Å²) in [7, 11) is 1.89. The molecular weight excluding hydrogens is 226 g/mol. The van der Waals surface area contributed by atoms with Crippen LogP contribution in [0.25, 0.3) is 11.0 Å². The van der Waals surface area contributed by atoms with Gasteiger partial charge in [-0.25, -0.2) is 9.97 Å². The van der Waals surface area contributed by atoms with Crippen LogP contribution in [-0.4, -0.2) is 43.2 Å². The summed E-state index contributed by atoms with van der Waals surface area (Å²) in [5.74, 6) is 1.81. The lowest BCUT2D eigenvalue weighted by atomic mass is 10.3. The van der Waals surface area contributed by atoms with Crippen LogP contribution < -0.4 is 15.5 Å². The van der Waals surface area contributed by atoms with Crippen LogP contribution in [0.3, 0.4) is 0 Å². The third-order valence-corrected chi connectivity index (χ3v) is 3.21. The SMILES string of the molecule is CNc1nc2ccccc2nc1N1CCNCC1. The molecule has 0 radical (unpaired) electrons. The van der Waals surface area contributed by atoms with E-state index in [-0.39, 0.29) is 0 Å². The smallest absolute Gasteiger partial charge is 0.172 e. The quantitative estimate of drug-likeness (QED) is 0.826. The van der Waals surface area contributed by atoms with E-state index in [1.54, 1.807) is 0 Å². The van der Waals surface area contributed by atoms with Crippen molar-refractivity contribution in [3.63, 3.8) is 0 Å². The fourth-order valence-electron chi connectivity index (χ4n) is 2.26. The molecule has 0 bridgehead atoms. The number of anilines is 2. The van der Waals surface area contributed by atoms with E-state index in [4.69, 9.17) is 4.98 Å². The number of nitrogens with zero attached hydrogens (tertiary/aromatic N) is 3. The second kappa shape index (κ2) is 4.78. The summed E-state index contributed by atoms with van der Waals surface area (Å²) in [5, 5.41) is 6.50. The Morgan fingerprint density at radius 2 is 1.78 bits per heavy atom. The zero-order valence-electron chi connectivity index (χ0n) is 10.5. The minimum absolute atomic E-state index is 0.857. The highest BCUT2D eigenvalue weighted by atomic mass is 15.3. The maximum absolute atomic E-state index is 4.74. The number of rotatable bonds is 2. The summed E-state index contributed by atoms with van der Waals surface area (Å²) >= 11 is 0. The second-order valence-corrected chi connectivity index (χ2v) is 4.37. The normalized spacial score (nSPS) is 15.9. The van der Waals surface area contributed by atoms with E-state index in [0.717, 1.165) is 48.8 Å². The first-order valence-electron chi connectivity index (χ1n) is 6.28. The number of hydrogen-bond donors (Lipinski definition) is 2. The topological polar surface area (TPSA) is 53.1 Å². The van der Waals surface area contributed by atoms with Crippen LogP contribution in [0.2, 0.25) is 0 Å². The lowest BCUT2D eigenvalue weighted by Crippen LogP contribution is -2.44. The van der Waals surface area contributed by atoms with Gasteiger partial charge in [-0.15, -0.1) is 0 Å². The molecule has 18 heavy (non-hydrogen) atoms. The third kappa shape index (κ3) is 1.97. The Bertz CT molecular complexity index is 548. The van der Waals surface area contributed by atoms with E-state index in [2.05, 4.69) is 20.5 Å². The van der Waals surface area contributed by atoms with Gasteiger partial charge in [0, 0.05) is 33.2 Å². The van der Waals surface area contributed by atoms with Crippen LogP contribution in [-0.2, 0) is 0 Å². The van der Waals surface area contributed by atoms with Crippen molar-refractivity contribution in [3.8, 4) is 0 Å². The molecule has 3 rings (SSSR count). The average Bonchev–Trinajstić information content (AvgIpc) is 2.46. The molecule has 1 fully saturated rings. The first-order valence-corrected chi connectivity index (χ1v) is 6.28. The Kier molecular flexibility index (Phi) is 2.98. The summed E-state index contributed by atoms with van der Waals surface area (Å²) in [6, 6.07) is 7.98. The van der Waals surface area contributed by atoms with Crippen molar-refractivity contribution in [2.45, 2.75) is 0 Å². The Hall–Kier alpha value is -1.88. The standard InChI is InChI=1S/C13H17N5/c1-14-12-13(18-8-6-15-7-9-18)17-11-5-3-2-4-10(11)16-12/h2-5,15H,6-9H2,1H3,(H,14,16). The number of hydrogen-bond acceptors (Lipinski definition) is 5. The Morgan fingerprint density at radius 1 is 1.11 bits per heavy atom. The molecule has 1 aliphatic heterocycles. The van der Waals surface area contributed by atoms with Crippen LogP contribution in [0.4, 0.5) is 11.6 Å². The molecule has 0 saturated carbocycles. The molecule has 0 unspecified atom stereocenters. The molecular formula is C13H17N5. The van der Waals surface area contributed by atoms with E-state index in [9.17, 15) is 0 Å². The van der Waals surface area contributed by atoms with Crippen molar-refractivity contribution >= 4 is 22.7 Å². The van der Waals surface area contributed by atoms with Crippen molar-refractivity contribution in [2.24, 2.45) is 0 Å². The number of nitrogens with one attached hydrogen (secondary N) is 2. The molecule has 2 N–H and O–H groups in total. The van der Waals surface area contributed by atoms with Gasteiger partial charge in [-0.05, 0) is 12.1 Å². The van der Waals surface area contributed by atoms with Gasteiger partial charge >= 0.3 is 0 Å². The highest BCUT2D eigenvalue weighted by Crippen LogP contribution is 2.24. The molecule has 2 heterocycles. The first kappa shape index (κ1) is 11.2. The molecule has 1 aromatic heterocycles. The van der Waals surface area contributed by atoms with Crippen molar-refractivity contribution in [2.75, 3.05) is 43.4 Å². The molecule has 0 spiro atoms. The van der Waals surface area contributed by atoms with Crippen LogP contribution >= 0.6 is 0 Å². The predicted molar refractivity (Wildman–Crippen MR) is 74.2 cm³/mol. The fraction of sp³-hybridized carbons (Fsp3) is 0.385. The Balaban J connectivity index is 2.08. The van der Waals surface area contributed by atoms with Gasteiger partial charge in [0.25, 0.3) is 0 Å². The van der Waals surface area contributed by atoms with E-state index in [1.807, 2.05) is 31.3 Å². The summed E-state index contributed by atoms with van der Waals surface area (Å²) in [6.45, 7) is 3.94. The van der Waals surface area contributed by atoms with Gasteiger partial charge < -0.3 is 15.5 Å². The number of para-hydroxylation sites is 2. The van der Waals surface area contributed by atoms with Crippen LogP contribution in [0.5, 0.6) is 0 Å². The van der Waals surface area contributed by atoms with E-state index < -0.39 is 0 Å². The molecule has 2 aromatic rings. The molecule has 0 amide bonds. The largest absolute Gasteiger partial charge is 0.370 e. The third-order valence-electron chi connectivity index (χ3n) is 3.21. The number of piperazine rings is 1. The minimum Gasteiger partial charge on any atom is -0.370 e. The van der Waals surface area contributed by atoms with Gasteiger partial charge in [0.05, 0.1) is 11.0 Å². The lowest BCUT2D eigenvalue weighted by Gasteiger charge is -2.29. The highest BCUT2D eigenvalue weighted by molar-refractivity contribution is 5.80. The monoisotopic (exact) mass is 243 g/mol. The van der Waals surface area contributed by atoms with E-state index in [0.29, 0.717) is 0 Å². The number of benzene rings is 1. The molecule has 1 saturated heterocycles. The van der Waals surface area contributed by atoms with Gasteiger partial charge in [-0.2, -0.15) is 0 Å². The van der Waals surface area contributed by atoms with E-state index in [1.165, 1.54) is 0 Å². The molecule has 1 aromatic carbocycles. The van der Waals surface area contributed by atoms with Gasteiger partial charge in [0.1, 0.15) is 0 Å². The maximum Gasteiger partial charge on any atom is 0.172 e. The zero-order chi connectivity index (χ0) is 12.4. The summed E-state index contributed by atoms with van der Waals surface area (Å²) in [5.41, 5.74) is 1.88. The Labute approximate surface area is 106 Å². The van der Waals surface area contributed by atoms with Crippen molar-refractivity contribution in [1.82, 2.24) is 15.3 Å². The summed E-state index contributed by atoms with van der Waals surface area (Å²) < 4.78 is 0. The molecule has 0 atom stereocenters. The molecule has 5 heteroatoms. The second-order valence-electron chi connectivity index (χ2n) is 4.37. The van der Waals surface area contributed by atoms with Crippen LogP contribution in [0.15, 0.2) is 24.3 Å². The molecule has 0 aliphatic carbocycles. The average molecular weight is 243 g/mol. The zero-order valence-corrected chi connectivity index (χ0v) is 10.5. The summed E-state index contributed by atoms with van der Waals surface area (Å²) in [4.78, 5) is 11.7. The predicted octanol–water partition coefficient (Wildman–Crippen LogP) is 1.08. The number of fused-ring (bicyclic) bond motifs is 1. The first-order chi connectivity index (χ1) is 8.88. The number of aromatic nitrogens is 2.